The van der Waals surface area contributed by atoms with Crippen molar-refractivity contribution in [3.05, 3.63) is 150 Å². The Hall–Kier alpha value is -5.40. The monoisotopic (exact) mass is 688 g/mol. The molecule has 0 heterocycles. The third-order valence-corrected chi connectivity index (χ3v) is 12.8. The molecule has 0 fully saturated rings. The molecule has 5 heteroatoms. The van der Waals surface area contributed by atoms with E-state index in [9.17, 15) is 0 Å². The smallest absolute Gasteiger partial charge is 0.112 e. The lowest BCUT2D eigenvalue weighted by Gasteiger charge is -2.25. The topological polar surface area (TPSA) is 0 Å². The zero-order valence-electron chi connectivity index (χ0n) is 31.5. The van der Waals surface area contributed by atoms with Crippen LogP contribution in [0, 0.1) is 0 Å². The van der Waals surface area contributed by atoms with Crippen molar-refractivity contribution in [3.8, 4) is 55.6 Å². The molecule has 0 aromatic heterocycles. The van der Waals surface area contributed by atoms with Crippen molar-refractivity contribution >= 4 is 88.1 Å². The van der Waals surface area contributed by atoms with Gasteiger partial charge in [-0.3, -0.25) is 0 Å². The predicted octanol–water partition coefficient (Wildman–Crippen LogP) is 7.58. The highest BCUT2D eigenvalue weighted by Gasteiger charge is 2.37. The highest BCUT2D eigenvalue weighted by molar-refractivity contribution is 6.68. The van der Waals surface area contributed by atoms with E-state index < -0.39 is 0 Å². The molecule has 8 aromatic rings. The summed E-state index contributed by atoms with van der Waals surface area (Å²) in [6.07, 6.45) is 0. The molecule has 8 aromatic carbocycles. The van der Waals surface area contributed by atoms with E-state index in [0.29, 0.717) is 16.5 Å². The molecule has 0 N–H and O–H groups in total. The fourth-order valence-corrected chi connectivity index (χ4v) is 9.84. The molecule has 0 nitrogen and oxygen atoms in total. The predicted molar refractivity (Wildman–Crippen MR) is 240 cm³/mol. The van der Waals surface area contributed by atoms with Gasteiger partial charge < -0.3 is 0 Å². The summed E-state index contributed by atoms with van der Waals surface area (Å²) in [6.45, 7) is 9.32. The van der Waals surface area contributed by atoms with Crippen LogP contribution < -0.4 is 27.3 Å². The molecule has 0 amide bonds. The van der Waals surface area contributed by atoms with Crippen LogP contribution in [0.3, 0.4) is 0 Å². The molecule has 2 aliphatic rings. The zero-order chi connectivity index (χ0) is 38.1. The Labute approximate surface area is 330 Å². The van der Waals surface area contributed by atoms with Crippen LogP contribution in [-0.4, -0.2) is 39.2 Å². The SMILES string of the molecule is [B]c1c([B])c([B])c(-c2ccc3c(-c4ccc5c(c4)C(C)(C)c4ccccc4-5)c4ccccc4c(-c4ccc5c(c4)C(C)(C)c4ccccc4-5)c3c2)c([B])c1[B]. The second-order valence-electron chi connectivity index (χ2n) is 16.4. The first kappa shape index (κ1) is 34.1. The van der Waals surface area contributed by atoms with Crippen molar-refractivity contribution in [3.63, 3.8) is 0 Å². The van der Waals surface area contributed by atoms with Gasteiger partial charge in [0, 0.05) is 10.8 Å². The first-order chi connectivity index (χ1) is 26.4. The number of hydrogen-bond acceptors (Lipinski definition) is 0. The van der Waals surface area contributed by atoms with E-state index in [4.69, 9.17) is 39.2 Å². The summed E-state index contributed by atoms with van der Waals surface area (Å²) >= 11 is 0. The lowest BCUT2D eigenvalue weighted by atomic mass is 9.59. The molecule has 10 rings (SSSR count). The fourth-order valence-electron chi connectivity index (χ4n) is 9.84. The molecule has 0 aliphatic heterocycles. The maximum Gasteiger partial charge on any atom is 0.113 e. The second-order valence-corrected chi connectivity index (χ2v) is 16.4. The Morgan fingerprint density at radius 2 is 0.673 bits per heavy atom. The summed E-state index contributed by atoms with van der Waals surface area (Å²) in [6, 6.07) is 46.8. The van der Waals surface area contributed by atoms with Crippen LogP contribution in [0.15, 0.2) is 127 Å². The van der Waals surface area contributed by atoms with Crippen molar-refractivity contribution in [2.75, 3.05) is 0 Å². The first-order valence-corrected chi connectivity index (χ1v) is 18.9. The maximum absolute atomic E-state index is 6.70. The van der Waals surface area contributed by atoms with E-state index >= 15 is 0 Å². The lowest BCUT2D eigenvalue weighted by molar-refractivity contribution is 0.660. The highest BCUT2D eigenvalue weighted by Crippen LogP contribution is 2.53. The van der Waals surface area contributed by atoms with Gasteiger partial charge in [-0.05, 0) is 118 Å². The lowest BCUT2D eigenvalue weighted by Crippen LogP contribution is -2.55. The van der Waals surface area contributed by atoms with Crippen LogP contribution >= 0.6 is 0 Å². The molecule has 0 saturated heterocycles. The van der Waals surface area contributed by atoms with Crippen molar-refractivity contribution in [1.82, 2.24) is 0 Å². The van der Waals surface area contributed by atoms with Gasteiger partial charge in [-0.2, -0.15) is 0 Å². The molecule has 2 aliphatic carbocycles. The average molecular weight is 688 g/mol. The van der Waals surface area contributed by atoms with E-state index in [1.54, 1.807) is 0 Å². The van der Waals surface area contributed by atoms with Crippen LogP contribution in [0.4, 0.5) is 0 Å². The van der Waals surface area contributed by atoms with Crippen LogP contribution in [-0.2, 0) is 10.8 Å². The van der Waals surface area contributed by atoms with E-state index in [0.717, 1.165) is 32.8 Å². The van der Waals surface area contributed by atoms with Crippen molar-refractivity contribution in [2.24, 2.45) is 0 Å². The van der Waals surface area contributed by atoms with Gasteiger partial charge in [-0.25, -0.2) is 0 Å². The molecule has 0 saturated carbocycles. The number of benzene rings is 8. The van der Waals surface area contributed by atoms with Gasteiger partial charge in [-0.1, -0.05) is 148 Å². The molecule has 0 unspecified atom stereocenters. The van der Waals surface area contributed by atoms with Gasteiger partial charge in [0.05, 0.1) is 0 Å². The summed E-state index contributed by atoms with van der Waals surface area (Å²) in [4.78, 5) is 0. The highest BCUT2D eigenvalue weighted by atomic mass is 14.4. The standard InChI is InChI=1S/C50H33B5/c1-49(2)37-15-9-7-11-29(37)31-20-17-27(24-39(31)49)41-33-13-5-6-14-34(33)42(28-18-21-32-30-12-8-10-16-38(30)50(3,4)40(32)25-28)36-23-26(19-22-35(36)41)43-44(51)46(53)48(55)47(54)45(43)52/h5-25H,1-4H3. The number of rotatable bonds is 3. The Balaban J connectivity index is 1.30. The molecule has 0 spiro atoms. The largest absolute Gasteiger partial charge is 0.113 e. The molecule has 0 atom stereocenters. The average Bonchev–Trinajstić information content (AvgIpc) is 3.57. The second kappa shape index (κ2) is 11.8. The summed E-state index contributed by atoms with van der Waals surface area (Å²) in [5.41, 5.74) is 17.6. The van der Waals surface area contributed by atoms with E-state index in [2.05, 4.69) is 155 Å². The summed E-state index contributed by atoms with van der Waals surface area (Å²) in [5, 5.41) is 4.56. The Morgan fingerprint density at radius 1 is 0.309 bits per heavy atom. The van der Waals surface area contributed by atoms with Gasteiger partial charge >= 0.3 is 0 Å². The summed E-state index contributed by atoms with van der Waals surface area (Å²) in [5.74, 6) is 0. The minimum atomic E-state index is -0.157. The van der Waals surface area contributed by atoms with Crippen molar-refractivity contribution < 1.29 is 0 Å². The molecule has 0 bridgehead atoms. The fraction of sp³-hybridized carbons (Fsp3) is 0.120. The van der Waals surface area contributed by atoms with Crippen LogP contribution in [0.2, 0.25) is 0 Å². The quantitative estimate of drug-likeness (QED) is 0.133. The molecular weight excluding hydrogens is 655 g/mol. The Bertz CT molecular complexity index is 2960. The maximum atomic E-state index is 6.70. The van der Waals surface area contributed by atoms with Gasteiger partial charge in [0.1, 0.15) is 39.2 Å². The van der Waals surface area contributed by atoms with Gasteiger partial charge in [0.15, 0.2) is 0 Å². The van der Waals surface area contributed by atoms with E-state index in [1.165, 1.54) is 61.0 Å². The third kappa shape index (κ3) is 4.65. The van der Waals surface area contributed by atoms with E-state index in [-0.39, 0.29) is 27.2 Å². The summed E-state index contributed by atoms with van der Waals surface area (Å²) in [7, 11) is 32.5. The molecule has 248 valence electrons. The van der Waals surface area contributed by atoms with Crippen LogP contribution in [0.5, 0.6) is 0 Å². The minimum absolute atomic E-state index is 0.139. The summed E-state index contributed by atoms with van der Waals surface area (Å²) < 4.78 is 0. The number of fused-ring (bicyclic) bond motifs is 8. The minimum Gasteiger partial charge on any atom is -0.112 e. The molecular formula is C50H33B5. The molecule has 10 radical (unpaired) electrons. The first-order valence-electron chi connectivity index (χ1n) is 18.9. The van der Waals surface area contributed by atoms with Gasteiger partial charge in [-0.15, -0.1) is 16.4 Å². The Morgan fingerprint density at radius 3 is 1.18 bits per heavy atom. The third-order valence-electron chi connectivity index (χ3n) is 12.8. The normalized spacial score (nSPS) is 14.5. The van der Waals surface area contributed by atoms with Crippen molar-refractivity contribution in [1.29, 1.82) is 0 Å². The van der Waals surface area contributed by atoms with Crippen LogP contribution in [0.25, 0.3) is 77.2 Å². The number of hydrogen-bond donors (Lipinski definition) is 0. The van der Waals surface area contributed by atoms with Gasteiger partial charge in [0.2, 0.25) is 0 Å². The van der Waals surface area contributed by atoms with Crippen LogP contribution in [0.1, 0.15) is 49.9 Å². The van der Waals surface area contributed by atoms with E-state index in [1.807, 2.05) is 0 Å². The zero-order valence-corrected chi connectivity index (χ0v) is 31.5. The van der Waals surface area contributed by atoms with Gasteiger partial charge in [0.25, 0.3) is 0 Å². The van der Waals surface area contributed by atoms with Crippen molar-refractivity contribution in [2.45, 2.75) is 38.5 Å². The molecule has 55 heavy (non-hydrogen) atoms. The Kier molecular flexibility index (Phi) is 7.32.